The molecule has 0 fully saturated rings. The number of aryl methyl sites for hydroxylation is 1. The Hall–Kier alpha value is -3.55. The van der Waals surface area contributed by atoms with Crippen molar-refractivity contribution in [1.29, 1.82) is 0 Å². The highest BCUT2D eigenvalue weighted by Gasteiger charge is 2.27. The lowest BCUT2D eigenvalue weighted by molar-refractivity contribution is 0.0687. The van der Waals surface area contributed by atoms with E-state index in [9.17, 15) is 28.3 Å². The molecule has 0 saturated heterocycles. The number of H-pyrrole nitrogens is 1. The fraction of sp³-hybridized carbons (Fsp3) is 0.0526. The molecule has 0 atom stereocenters. The average Bonchev–Trinajstić information content (AvgIpc) is 3.15. The number of aromatic amines is 1. The molecule has 9 nitrogen and oxygen atoms in total. The molecule has 1 amide bonds. The maximum Gasteiger partial charge on any atom is 0.341 e. The second-order valence-corrected chi connectivity index (χ2v) is 7.53. The summed E-state index contributed by atoms with van der Waals surface area (Å²) < 4.78 is 30.4. The van der Waals surface area contributed by atoms with Gasteiger partial charge in [0, 0.05) is 9.26 Å². The molecule has 12 heteroatoms. The molecule has 3 aromatic rings. The van der Waals surface area contributed by atoms with Crippen molar-refractivity contribution in [1.82, 2.24) is 10.2 Å². The van der Waals surface area contributed by atoms with E-state index >= 15 is 0 Å². The molecule has 0 unspecified atom stereocenters. The molecule has 5 N–H and O–H groups in total. The van der Waals surface area contributed by atoms with Crippen LogP contribution >= 0.6 is 22.6 Å². The summed E-state index contributed by atoms with van der Waals surface area (Å²) in [4.78, 5) is 35.2. The Bertz CT molecular complexity index is 1230. The predicted molar refractivity (Wildman–Crippen MR) is 114 cm³/mol. The molecule has 0 spiro atoms. The zero-order chi connectivity index (χ0) is 22.9. The van der Waals surface area contributed by atoms with Gasteiger partial charge in [0.1, 0.15) is 11.4 Å². The number of nitrogens with one attached hydrogen (secondary N) is 3. The number of aromatic carboxylic acids is 2. The van der Waals surface area contributed by atoms with Crippen molar-refractivity contribution in [2.45, 2.75) is 6.92 Å². The minimum atomic E-state index is -1.61. The highest BCUT2D eigenvalue weighted by Crippen LogP contribution is 2.31. The number of carboxylic acids is 2. The van der Waals surface area contributed by atoms with E-state index in [0.29, 0.717) is 17.3 Å². The van der Waals surface area contributed by atoms with E-state index in [2.05, 4.69) is 38.1 Å². The molecular formula is C19H13F2IN4O5. The number of carboxylic acid groups (broad SMARTS) is 2. The van der Waals surface area contributed by atoms with E-state index in [1.807, 2.05) is 5.32 Å². The molecule has 0 aliphatic heterocycles. The summed E-state index contributed by atoms with van der Waals surface area (Å²) in [5.74, 6) is -7.84. The molecule has 1 heterocycles. The van der Waals surface area contributed by atoms with Gasteiger partial charge in [0.05, 0.1) is 23.0 Å². The largest absolute Gasteiger partial charge is 0.478 e. The quantitative estimate of drug-likeness (QED) is 0.296. The van der Waals surface area contributed by atoms with Crippen molar-refractivity contribution < 1.29 is 33.4 Å². The van der Waals surface area contributed by atoms with Gasteiger partial charge in [-0.15, -0.1) is 0 Å². The van der Waals surface area contributed by atoms with Gasteiger partial charge in [0.15, 0.2) is 11.6 Å². The molecular weight excluding hydrogens is 529 g/mol. The topological polar surface area (TPSA) is 144 Å². The SMILES string of the molecule is Cc1cc(I)ccc1Nc1c(C(=O)O)cc(C(=O)Nc2[nH]ncc2C(=O)O)c(F)c1F. The Kier molecular flexibility index (Phi) is 6.19. The van der Waals surface area contributed by atoms with Crippen molar-refractivity contribution in [3.63, 3.8) is 0 Å². The van der Waals surface area contributed by atoms with Gasteiger partial charge in [-0.25, -0.2) is 18.4 Å². The van der Waals surface area contributed by atoms with Crippen LogP contribution in [0.5, 0.6) is 0 Å². The Balaban J connectivity index is 2.04. The number of carbonyl (C=O) groups excluding carboxylic acids is 1. The van der Waals surface area contributed by atoms with Crippen LogP contribution in [0.15, 0.2) is 30.5 Å². The summed E-state index contributed by atoms with van der Waals surface area (Å²) in [6.45, 7) is 1.70. The third-order valence-electron chi connectivity index (χ3n) is 4.24. The van der Waals surface area contributed by atoms with Crippen LogP contribution in [0.3, 0.4) is 0 Å². The van der Waals surface area contributed by atoms with Crippen LogP contribution in [0.4, 0.5) is 26.0 Å². The molecule has 1 aromatic heterocycles. The first-order valence-corrected chi connectivity index (χ1v) is 9.54. The molecule has 3 rings (SSSR count). The van der Waals surface area contributed by atoms with Crippen LogP contribution in [-0.4, -0.2) is 38.3 Å². The number of rotatable bonds is 6. The Morgan fingerprint density at radius 1 is 1.03 bits per heavy atom. The normalized spacial score (nSPS) is 10.6. The van der Waals surface area contributed by atoms with Crippen molar-refractivity contribution >= 4 is 57.6 Å². The van der Waals surface area contributed by atoms with E-state index in [0.717, 1.165) is 9.77 Å². The van der Waals surface area contributed by atoms with Crippen molar-refractivity contribution in [2.75, 3.05) is 10.6 Å². The van der Waals surface area contributed by atoms with Crippen LogP contribution in [0.25, 0.3) is 0 Å². The number of amides is 1. The lowest BCUT2D eigenvalue weighted by atomic mass is 10.0. The molecule has 160 valence electrons. The van der Waals surface area contributed by atoms with E-state index < -0.39 is 51.9 Å². The van der Waals surface area contributed by atoms with Crippen molar-refractivity contribution in [2.24, 2.45) is 0 Å². The van der Waals surface area contributed by atoms with Gasteiger partial charge in [-0.05, 0) is 59.3 Å². The number of hydrogen-bond acceptors (Lipinski definition) is 5. The van der Waals surface area contributed by atoms with Gasteiger partial charge in [-0.1, -0.05) is 0 Å². The van der Waals surface area contributed by atoms with Gasteiger partial charge < -0.3 is 20.8 Å². The van der Waals surface area contributed by atoms with Crippen LogP contribution in [-0.2, 0) is 0 Å². The van der Waals surface area contributed by atoms with Gasteiger partial charge >= 0.3 is 11.9 Å². The monoisotopic (exact) mass is 542 g/mol. The minimum Gasteiger partial charge on any atom is -0.478 e. The first-order valence-electron chi connectivity index (χ1n) is 8.46. The maximum absolute atomic E-state index is 14.8. The second-order valence-electron chi connectivity index (χ2n) is 6.28. The summed E-state index contributed by atoms with van der Waals surface area (Å²) in [7, 11) is 0. The highest BCUT2D eigenvalue weighted by molar-refractivity contribution is 14.1. The molecule has 0 aliphatic carbocycles. The Morgan fingerprint density at radius 3 is 2.32 bits per heavy atom. The fourth-order valence-corrected chi connectivity index (χ4v) is 3.36. The number of carbonyl (C=O) groups is 3. The van der Waals surface area contributed by atoms with Crippen molar-refractivity contribution in [3.8, 4) is 0 Å². The zero-order valence-corrected chi connectivity index (χ0v) is 17.7. The van der Waals surface area contributed by atoms with Crippen LogP contribution in [0, 0.1) is 22.1 Å². The van der Waals surface area contributed by atoms with Crippen LogP contribution in [0.1, 0.15) is 36.6 Å². The average molecular weight is 542 g/mol. The molecule has 0 radical (unpaired) electrons. The number of anilines is 3. The minimum absolute atomic E-state index is 0.349. The molecule has 0 aliphatic rings. The smallest absolute Gasteiger partial charge is 0.341 e. The number of halogens is 3. The van der Waals surface area contributed by atoms with Gasteiger partial charge in [0.2, 0.25) is 0 Å². The van der Waals surface area contributed by atoms with Gasteiger partial charge in [-0.2, -0.15) is 5.10 Å². The second kappa shape index (κ2) is 8.67. The third-order valence-corrected chi connectivity index (χ3v) is 4.91. The summed E-state index contributed by atoms with van der Waals surface area (Å²) in [5, 5.41) is 28.8. The number of benzene rings is 2. The third kappa shape index (κ3) is 4.47. The summed E-state index contributed by atoms with van der Waals surface area (Å²) in [6.07, 6.45) is 0.911. The van der Waals surface area contributed by atoms with Crippen LogP contribution in [0.2, 0.25) is 0 Å². The van der Waals surface area contributed by atoms with Crippen LogP contribution < -0.4 is 10.6 Å². The van der Waals surface area contributed by atoms with Crippen molar-refractivity contribution in [3.05, 3.63) is 67.9 Å². The fourth-order valence-electron chi connectivity index (χ4n) is 2.71. The molecule has 0 saturated carbocycles. The Morgan fingerprint density at radius 2 is 1.71 bits per heavy atom. The lowest BCUT2D eigenvalue weighted by Gasteiger charge is -2.15. The van der Waals surface area contributed by atoms with Gasteiger partial charge in [0.25, 0.3) is 5.91 Å². The first-order chi connectivity index (χ1) is 14.6. The molecule has 0 bridgehead atoms. The number of aromatic nitrogens is 2. The summed E-state index contributed by atoms with van der Waals surface area (Å²) in [6, 6.07) is 5.68. The zero-order valence-electron chi connectivity index (χ0n) is 15.6. The summed E-state index contributed by atoms with van der Waals surface area (Å²) in [5.41, 5.74) is -1.68. The first kappa shape index (κ1) is 22.1. The number of hydrogen-bond donors (Lipinski definition) is 5. The van der Waals surface area contributed by atoms with Gasteiger partial charge in [-0.3, -0.25) is 9.89 Å². The van der Waals surface area contributed by atoms with E-state index in [4.69, 9.17) is 5.11 Å². The predicted octanol–water partition coefficient (Wildman–Crippen LogP) is 3.99. The highest BCUT2D eigenvalue weighted by atomic mass is 127. The van der Waals surface area contributed by atoms with E-state index in [-0.39, 0.29) is 5.82 Å². The Labute approximate surface area is 186 Å². The maximum atomic E-state index is 14.8. The molecule has 2 aromatic carbocycles. The standard InChI is InChI=1S/C19H13F2IN4O5/c1-7-4-8(22)2-3-12(7)24-15-10(18(28)29)5-9(13(20)14(15)21)17(27)25-16-11(19(30)31)6-23-26-16/h2-6,24H,1H3,(H,28,29)(H,30,31)(H2,23,25,26,27). The molecule has 31 heavy (non-hydrogen) atoms. The summed E-state index contributed by atoms with van der Waals surface area (Å²) >= 11 is 2.06. The number of nitrogens with zero attached hydrogens (tertiary/aromatic N) is 1. The lowest BCUT2D eigenvalue weighted by Crippen LogP contribution is -2.19. The van der Waals surface area contributed by atoms with E-state index in [1.54, 1.807) is 25.1 Å². The van der Waals surface area contributed by atoms with E-state index in [1.165, 1.54) is 0 Å².